The number of anilines is 1. The van der Waals surface area contributed by atoms with E-state index >= 15 is 0 Å². The van der Waals surface area contributed by atoms with Gasteiger partial charge in [0.2, 0.25) is 0 Å². The number of nitrogens with one attached hydrogen (secondary N) is 2. The van der Waals surface area contributed by atoms with Crippen LogP contribution < -0.4 is 4.72 Å². The van der Waals surface area contributed by atoms with Gasteiger partial charge in [0, 0.05) is 17.6 Å². The Labute approximate surface area is 170 Å². The first-order valence-corrected chi connectivity index (χ1v) is 11.1. The summed E-state index contributed by atoms with van der Waals surface area (Å²) in [6.07, 6.45) is 3.01. The minimum absolute atomic E-state index is 0.00454. The third kappa shape index (κ3) is 3.61. The van der Waals surface area contributed by atoms with Gasteiger partial charge in [0.15, 0.2) is 0 Å². The molecule has 8 nitrogen and oxygen atoms in total. The average molecular weight is 464 g/mol. The van der Waals surface area contributed by atoms with E-state index in [-0.39, 0.29) is 22.0 Å². The molecule has 2 N–H and O–H groups in total. The number of aromatic amines is 1. The van der Waals surface area contributed by atoms with Crippen molar-refractivity contribution in [3.8, 4) is 0 Å². The number of carbonyl (C=O) groups excluding carboxylic acids is 1. The van der Waals surface area contributed by atoms with Gasteiger partial charge in [0.1, 0.15) is 15.9 Å². The molecule has 1 fully saturated rings. The maximum atomic E-state index is 13.0. The highest BCUT2D eigenvalue weighted by Crippen LogP contribution is 2.28. The van der Waals surface area contributed by atoms with E-state index < -0.39 is 10.0 Å². The summed E-state index contributed by atoms with van der Waals surface area (Å²) in [4.78, 5) is 14.7. The molecule has 1 amide bonds. The Bertz CT molecular complexity index is 1140. The van der Waals surface area contributed by atoms with Gasteiger partial charge in [-0.3, -0.25) is 9.52 Å². The second kappa shape index (κ2) is 7.51. The first-order chi connectivity index (χ1) is 13.5. The molecule has 1 aliphatic heterocycles. The summed E-state index contributed by atoms with van der Waals surface area (Å²) in [6.45, 7) is 1.36. The molecule has 1 aliphatic rings. The van der Waals surface area contributed by atoms with Crippen molar-refractivity contribution in [1.82, 2.24) is 20.3 Å². The molecule has 0 saturated carbocycles. The molecule has 10 heteroatoms. The number of carbonyl (C=O) groups is 1. The molecule has 0 radical (unpaired) electrons. The molecule has 0 atom stereocenters. The normalized spacial score (nSPS) is 15.0. The van der Waals surface area contributed by atoms with Gasteiger partial charge in [0.05, 0.1) is 11.3 Å². The molecule has 0 aliphatic carbocycles. The number of likely N-dealkylation sites (tertiary alicyclic amines) is 1. The Morgan fingerprint density at radius 3 is 2.68 bits per heavy atom. The van der Waals surface area contributed by atoms with E-state index in [0.29, 0.717) is 28.6 Å². The molecule has 4 rings (SSSR count). The number of halogens is 1. The van der Waals surface area contributed by atoms with Crippen molar-refractivity contribution in [2.24, 2.45) is 0 Å². The van der Waals surface area contributed by atoms with Crippen LogP contribution in [0.2, 0.25) is 0 Å². The molecular weight excluding hydrogens is 446 g/mol. The summed E-state index contributed by atoms with van der Waals surface area (Å²) in [7, 11) is -3.98. The Morgan fingerprint density at radius 1 is 1.11 bits per heavy atom. The number of rotatable bonds is 4. The molecule has 1 saturated heterocycles. The van der Waals surface area contributed by atoms with E-state index in [1.54, 1.807) is 35.2 Å². The minimum Gasteiger partial charge on any atom is -0.339 e. The zero-order valence-electron chi connectivity index (χ0n) is 14.9. The van der Waals surface area contributed by atoms with Crippen molar-refractivity contribution in [3.05, 3.63) is 46.4 Å². The lowest BCUT2D eigenvalue weighted by atomic mass is 10.1. The molecule has 1 aromatic heterocycles. The highest BCUT2D eigenvalue weighted by molar-refractivity contribution is 9.10. The van der Waals surface area contributed by atoms with Gasteiger partial charge in [-0.1, -0.05) is 22.0 Å². The predicted molar refractivity (Wildman–Crippen MR) is 109 cm³/mol. The van der Waals surface area contributed by atoms with Gasteiger partial charge in [0.25, 0.3) is 15.9 Å². The van der Waals surface area contributed by atoms with Gasteiger partial charge < -0.3 is 4.90 Å². The summed E-state index contributed by atoms with van der Waals surface area (Å²) < 4.78 is 29.3. The van der Waals surface area contributed by atoms with Crippen molar-refractivity contribution >= 4 is 48.6 Å². The van der Waals surface area contributed by atoms with Crippen LogP contribution in [0.15, 0.2) is 45.8 Å². The number of para-hydroxylation sites is 1. The van der Waals surface area contributed by atoms with E-state index in [1.807, 2.05) is 0 Å². The fourth-order valence-corrected chi connectivity index (χ4v) is 4.91. The van der Waals surface area contributed by atoms with Crippen molar-refractivity contribution in [2.75, 3.05) is 17.8 Å². The minimum atomic E-state index is -3.98. The van der Waals surface area contributed by atoms with E-state index in [1.165, 1.54) is 6.07 Å². The second-order valence-corrected chi connectivity index (χ2v) is 9.16. The van der Waals surface area contributed by atoms with E-state index in [0.717, 1.165) is 19.3 Å². The molecule has 0 bridgehead atoms. The van der Waals surface area contributed by atoms with E-state index in [9.17, 15) is 13.2 Å². The lowest BCUT2D eigenvalue weighted by Gasteiger charge is -2.27. The van der Waals surface area contributed by atoms with Crippen LogP contribution in [0.1, 0.15) is 29.6 Å². The summed E-state index contributed by atoms with van der Waals surface area (Å²) in [5.74, 6) is -0.176. The third-order valence-corrected chi connectivity index (χ3v) is 6.59. The first-order valence-electron chi connectivity index (χ1n) is 8.87. The highest BCUT2D eigenvalue weighted by Gasteiger charge is 2.25. The first kappa shape index (κ1) is 18.9. The smallest absolute Gasteiger partial charge is 0.264 e. The molecule has 28 heavy (non-hydrogen) atoms. The Kier molecular flexibility index (Phi) is 5.07. The molecule has 2 heterocycles. The lowest BCUT2D eigenvalue weighted by molar-refractivity contribution is 0.0725. The van der Waals surface area contributed by atoms with Crippen molar-refractivity contribution in [2.45, 2.75) is 24.2 Å². The molecule has 0 spiro atoms. The monoisotopic (exact) mass is 463 g/mol. The molecule has 0 unspecified atom stereocenters. The van der Waals surface area contributed by atoms with E-state index in [2.05, 4.69) is 36.1 Å². The lowest BCUT2D eigenvalue weighted by Crippen LogP contribution is -2.36. The summed E-state index contributed by atoms with van der Waals surface area (Å²) in [5, 5.41) is 10.3. The molecule has 3 aromatic rings. The topological polar surface area (TPSA) is 108 Å². The van der Waals surface area contributed by atoms with Crippen LogP contribution in [0.5, 0.6) is 0 Å². The Morgan fingerprint density at radius 2 is 1.89 bits per heavy atom. The van der Waals surface area contributed by atoms with Crippen LogP contribution in [0, 0.1) is 0 Å². The summed E-state index contributed by atoms with van der Waals surface area (Å²) in [5.41, 5.74) is 1.24. The summed E-state index contributed by atoms with van der Waals surface area (Å²) in [6, 6.07) is 9.68. The quantitative estimate of drug-likeness (QED) is 0.617. The second-order valence-electron chi connectivity index (χ2n) is 6.60. The highest BCUT2D eigenvalue weighted by atomic mass is 79.9. The van der Waals surface area contributed by atoms with Crippen molar-refractivity contribution in [3.63, 3.8) is 0 Å². The Hall–Kier alpha value is -2.46. The van der Waals surface area contributed by atoms with Crippen LogP contribution in [0.4, 0.5) is 5.69 Å². The van der Waals surface area contributed by atoms with E-state index in [4.69, 9.17) is 0 Å². The Balaban J connectivity index is 1.72. The van der Waals surface area contributed by atoms with Gasteiger partial charge in [-0.2, -0.15) is 15.4 Å². The number of amides is 1. The van der Waals surface area contributed by atoms with Gasteiger partial charge in [-0.25, -0.2) is 8.42 Å². The van der Waals surface area contributed by atoms with Gasteiger partial charge in [-0.05, 0) is 49.6 Å². The zero-order chi connectivity index (χ0) is 19.7. The van der Waals surface area contributed by atoms with Gasteiger partial charge in [-0.15, -0.1) is 0 Å². The third-order valence-electron chi connectivity index (χ3n) is 4.70. The number of H-pyrrole nitrogens is 1. The molecule has 146 valence electrons. The number of aromatic nitrogens is 3. The molecule has 2 aromatic carbocycles. The van der Waals surface area contributed by atoms with Crippen LogP contribution in [0.25, 0.3) is 11.0 Å². The fraction of sp³-hybridized carbons (Fsp3) is 0.278. The number of hydrogen-bond donors (Lipinski definition) is 2. The number of piperidine rings is 1. The zero-order valence-corrected chi connectivity index (χ0v) is 17.3. The van der Waals surface area contributed by atoms with Crippen LogP contribution in [-0.4, -0.2) is 47.7 Å². The number of nitrogens with zero attached hydrogens (tertiary/aromatic N) is 3. The standard InChI is InChI=1S/C18H18BrN5O3S/c19-12-7-8-13(18(25)24-9-2-1-3-10-24)15(11-12)22-28(26,27)16-6-4-5-14-17(16)21-23-20-14/h4-8,11,22H,1-3,9-10H2,(H,20,21,23). The van der Waals surface area contributed by atoms with Gasteiger partial charge >= 0.3 is 0 Å². The number of hydrogen-bond acceptors (Lipinski definition) is 5. The van der Waals surface area contributed by atoms with Crippen molar-refractivity contribution < 1.29 is 13.2 Å². The number of sulfonamides is 1. The van der Waals surface area contributed by atoms with Crippen LogP contribution >= 0.6 is 15.9 Å². The summed E-state index contributed by atoms with van der Waals surface area (Å²) >= 11 is 3.35. The maximum Gasteiger partial charge on any atom is 0.264 e. The predicted octanol–water partition coefficient (Wildman–Crippen LogP) is 3.15. The van der Waals surface area contributed by atoms with Crippen LogP contribution in [-0.2, 0) is 10.0 Å². The maximum absolute atomic E-state index is 13.0. The fourth-order valence-electron chi connectivity index (χ4n) is 3.31. The number of benzene rings is 2. The SMILES string of the molecule is O=C(c1ccc(Br)cc1NS(=O)(=O)c1cccc2n[nH]nc12)N1CCCCC1. The largest absolute Gasteiger partial charge is 0.339 e. The molecular formula is C18H18BrN5O3S. The van der Waals surface area contributed by atoms with Crippen molar-refractivity contribution in [1.29, 1.82) is 0 Å². The van der Waals surface area contributed by atoms with Crippen LogP contribution in [0.3, 0.4) is 0 Å². The average Bonchev–Trinajstić information content (AvgIpc) is 3.16. The number of fused-ring (bicyclic) bond motifs is 1.